The Morgan fingerprint density at radius 3 is 2.60 bits per heavy atom. The summed E-state index contributed by atoms with van der Waals surface area (Å²) < 4.78 is 1.74. The number of hydrogen-bond donors (Lipinski definition) is 0. The standard InChI is InChI=1S/C11H14N4/c1-11(2,3)9-7-13-15(8-9)10-5-4-6-12-14-10/h4-8H,1-3H3. The molecule has 4 nitrogen and oxygen atoms in total. The number of hydrogen-bond acceptors (Lipinski definition) is 3. The summed E-state index contributed by atoms with van der Waals surface area (Å²) in [5.74, 6) is 0.744. The molecule has 2 heterocycles. The first-order valence-electron chi connectivity index (χ1n) is 4.90. The Kier molecular flexibility index (Phi) is 2.26. The Hall–Kier alpha value is -1.71. The van der Waals surface area contributed by atoms with Gasteiger partial charge in [0.2, 0.25) is 0 Å². The molecule has 15 heavy (non-hydrogen) atoms. The van der Waals surface area contributed by atoms with Gasteiger partial charge in [-0.05, 0) is 23.1 Å². The van der Waals surface area contributed by atoms with E-state index in [2.05, 4.69) is 36.1 Å². The Balaban J connectivity index is 2.37. The summed E-state index contributed by atoms with van der Waals surface area (Å²) in [5.41, 5.74) is 1.30. The highest BCUT2D eigenvalue weighted by molar-refractivity contribution is 5.23. The van der Waals surface area contributed by atoms with E-state index >= 15 is 0 Å². The molecule has 0 radical (unpaired) electrons. The molecule has 0 unspecified atom stereocenters. The van der Waals surface area contributed by atoms with Gasteiger partial charge < -0.3 is 0 Å². The maximum absolute atomic E-state index is 4.27. The van der Waals surface area contributed by atoms with Crippen molar-refractivity contribution in [2.75, 3.05) is 0 Å². The van der Waals surface area contributed by atoms with Crippen molar-refractivity contribution in [2.45, 2.75) is 26.2 Å². The second-order valence-electron chi connectivity index (χ2n) is 4.51. The molecule has 0 aliphatic heterocycles. The second-order valence-corrected chi connectivity index (χ2v) is 4.51. The van der Waals surface area contributed by atoms with Gasteiger partial charge in [-0.3, -0.25) is 0 Å². The van der Waals surface area contributed by atoms with Crippen molar-refractivity contribution in [1.82, 2.24) is 20.0 Å². The summed E-state index contributed by atoms with van der Waals surface area (Å²) in [4.78, 5) is 0. The van der Waals surface area contributed by atoms with Gasteiger partial charge in [-0.2, -0.15) is 10.2 Å². The fourth-order valence-electron chi connectivity index (χ4n) is 1.25. The lowest BCUT2D eigenvalue weighted by Crippen LogP contribution is -2.09. The zero-order valence-corrected chi connectivity index (χ0v) is 9.18. The molecule has 0 fully saturated rings. The van der Waals surface area contributed by atoms with Crippen LogP contribution in [0.3, 0.4) is 0 Å². The molecule has 4 heteroatoms. The lowest BCUT2D eigenvalue weighted by atomic mass is 9.90. The van der Waals surface area contributed by atoms with Crippen LogP contribution in [0, 0.1) is 0 Å². The van der Waals surface area contributed by atoms with Crippen LogP contribution in [0.15, 0.2) is 30.7 Å². The molecule has 2 aromatic rings. The summed E-state index contributed by atoms with van der Waals surface area (Å²) in [6, 6.07) is 3.73. The zero-order valence-electron chi connectivity index (χ0n) is 9.18. The molecule has 78 valence electrons. The maximum atomic E-state index is 4.27. The Morgan fingerprint density at radius 2 is 2.07 bits per heavy atom. The Bertz CT molecular complexity index is 439. The number of nitrogens with zero attached hydrogens (tertiary/aromatic N) is 4. The first kappa shape index (κ1) is 9.83. The summed E-state index contributed by atoms with van der Waals surface area (Å²) in [7, 11) is 0. The molecule has 0 saturated carbocycles. The highest BCUT2D eigenvalue weighted by Crippen LogP contribution is 2.21. The molecular weight excluding hydrogens is 188 g/mol. The third kappa shape index (κ3) is 2.03. The van der Waals surface area contributed by atoms with Gasteiger partial charge in [0.15, 0.2) is 5.82 Å². The van der Waals surface area contributed by atoms with E-state index in [-0.39, 0.29) is 5.41 Å². The van der Waals surface area contributed by atoms with Crippen molar-refractivity contribution in [3.63, 3.8) is 0 Å². The number of aromatic nitrogens is 4. The van der Waals surface area contributed by atoms with Crippen LogP contribution in [0.5, 0.6) is 0 Å². The maximum Gasteiger partial charge on any atom is 0.175 e. The zero-order chi connectivity index (χ0) is 10.9. The lowest BCUT2D eigenvalue weighted by molar-refractivity contribution is 0.590. The minimum atomic E-state index is 0.112. The van der Waals surface area contributed by atoms with Gasteiger partial charge in [-0.15, -0.1) is 5.10 Å². The van der Waals surface area contributed by atoms with E-state index in [1.807, 2.05) is 24.5 Å². The summed E-state index contributed by atoms with van der Waals surface area (Å²) in [5, 5.41) is 12.1. The van der Waals surface area contributed by atoms with Gasteiger partial charge in [-0.25, -0.2) is 4.68 Å². The quantitative estimate of drug-likeness (QED) is 0.710. The molecule has 0 saturated heterocycles. The minimum Gasteiger partial charge on any atom is -0.221 e. The lowest BCUT2D eigenvalue weighted by Gasteiger charge is -2.14. The van der Waals surface area contributed by atoms with Crippen molar-refractivity contribution in [1.29, 1.82) is 0 Å². The molecule has 0 amide bonds. The van der Waals surface area contributed by atoms with Crippen molar-refractivity contribution < 1.29 is 0 Å². The fraction of sp³-hybridized carbons (Fsp3) is 0.364. The van der Waals surface area contributed by atoms with E-state index in [9.17, 15) is 0 Å². The van der Waals surface area contributed by atoms with Crippen LogP contribution in [0.25, 0.3) is 5.82 Å². The molecule has 0 aliphatic carbocycles. The Labute approximate surface area is 89.0 Å². The van der Waals surface area contributed by atoms with Crippen molar-refractivity contribution in [2.24, 2.45) is 0 Å². The van der Waals surface area contributed by atoms with E-state index in [1.54, 1.807) is 10.9 Å². The Morgan fingerprint density at radius 1 is 1.27 bits per heavy atom. The van der Waals surface area contributed by atoms with Gasteiger partial charge in [0, 0.05) is 12.4 Å². The number of rotatable bonds is 1. The molecular formula is C11H14N4. The topological polar surface area (TPSA) is 43.6 Å². The van der Waals surface area contributed by atoms with Gasteiger partial charge in [0.05, 0.1) is 6.20 Å². The van der Waals surface area contributed by atoms with Crippen LogP contribution < -0.4 is 0 Å². The highest BCUT2D eigenvalue weighted by Gasteiger charge is 2.16. The molecule has 0 atom stereocenters. The normalized spacial score (nSPS) is 11.7. The predicted molar refractivity (Wildman–Crippen MR) is 57.9 cm³/mol. The molecule has 0 spiro atoms. The second kappa shape index (κ2) is 3.46. The van der Waals surface area contributed by atoms with Gasteiger partial charge in [-0.1, -0.05) is 20.8 Å². The predicted octanol–water partition coefficient (Wildman–Crippen LogP) is 1.96. The van der Waals surface area contributed by atoms with Crippen LogP contribution in [-0.4, -0.2) is 20.0 Å². The van der Waals surface area contributed by atoms with Gasteiger partial charge in [0.1, 0.15) is 0 Å². The first-order chi connectivity index (χ1) is 7.07. The van der Waals surface area contributed by atoms with E-state index in [4.69, 9.17) is 0 Å². The van der Waals surface area contributed by atoms with E-state index in [0.29, 0.717) is 0 Å². The van der Waals surface area contributed by atoms with Gasteiger partial charge in [0.25, 0.3) is 0 Å². The smallest absolute Gasteiger partial charge is 0.175 e. The van der Waals surface area contributed by atoms with E-state index < -0.39 is 0 Å². The average Bonchev–Trinajstić information content (AvgIpc) is 2.67. The summed E-state index contributed by atoms with van der Waals surface area (Å²) in [6.07, 6.45) is 5.51. The SMILES string of the molecule is CC(C)(C)c1cnn(-c2cccnn2)c1. The van der Waals surface area contributed by atoms with Crippen LogP contribution in [0.2, 0.25) is 0 Å². The molecule has 0 aliphatic rings. The van der Waals surface area contributed by atoms with Crippen LogP contribution >= 0.6 is 0 Å². The van der Waals surface area contributed by atoms with Crippen LogP contribution in [0.4, 0.5) is 0 Å². The molecule has 2 aromatic heterocycles. The molecule has 2 rings (SSSR count). The highest BCUT2D eigenvalue weighted by atomic mass is 15.3. The molecule has 0 N–H and O–H groups in total. The van der Waals surface area contributed by atoms with Crippen molar-refractivity contribution in [3.8, 4) is 5.82 Å². The summed E-state index contributed by atoms with van der Waals surface area (Å²) in [6.45, 7) is 6.47. The first-order valence-corrected chi connectivity index (χ1v) is 4.90. The van der Waals surface area contributed by atoms with E-state index in [1.165, 1.54) is 5.56 Å². The molecule has 0 bridgehead atoms. The van der Waals surface area contributed by atoms with Crippen LogP contribution in [-0.2, 0) is 5.41 Å². The molecule has 0 aromatic carbocycles. The monoisotopic (exact) mass is 202 g/mol. The summed E-state index contributed by atoms with van der Waals surface area (Å²) >= 11 is 0. The van der Waals surface area contributed by atoms with Crippen LogP contribution in [0.1, 0.15) is 26.3 Å². The average molecular weight is 202 g/mol. The third-order valence-electron chi connectivity index (χ3n) is 2.24. The van der Waals surface area contributed by atoms with Crippen molar-refractivity contribution in [3.05, 3.63) is 36.3 Å². The third-order valence-corrected chi connectivity index (χ3v) is 2.24. The van der Waals surface area contributed by atoms with Gasteiger partial charge >= 0.3 is 0 Å². The largest absolute Gasteiger partial charge is 0.221 e. The van der Waals surface area contributed by atoms with Crippen molar-refractivity contribution >= 4 is 0 Å². The minimum absolute atomic E-state index is 0.112. The van der Waals surface area contributed by atoms with E-state index in [0.717, 1.165) is 5.82 Å². The fourth-order valence-corrected chi connectivity index (χ4v) is 1.25.